The average molecular weight is 958 g/mol. The number of carbonyl (C=O) groups is 3. The molecule has 0 fully saturated rings. The van der Waals surface area contributed by atoms with E-state index in [-0.39, 0.29) is 31.1 Å². The highest BCUT2D eigenvalue weighted by Crippen LogP contribution is 2.17. The molecule has 0 spiro atoms. The van der Waals surface area contributed by atoms with E-state index in [0.717, 1.165) is 64.2 Å². The first-order valence-corrected chi connectivity index (χ1v) is 30.3. The molecule has 0 aliphatic heterocycles. The maximum Gasteiger partial charge on any atom is 0.306 e. The van der Waals surface area contributed by atoms with Crippen LogP contribution in [-0.4, -0.2) is 37.2 Å². The Balaban J connectivity index is 4.32. The Morgan fingerprint density at radius 2 is 0.485 bits per heavy atom. The lowest BCUT2D eigenvalue weighted by molar-refractivity contribution is -0.167. The minimum Gasteiger partial charge on any atom is -0.462 e. The summed E-state index contributed by atoms with van der Waals surface area (Å²) in [6.07, 6.45) is 67.4. The van der Waals surface area contributed by atoms with E-state index < -0.39 is 6.10 Å². The number of carbonyl (C=O) groups excluding carboxylic acids is 3. The molecule has 1 atom stereocenters. The number of unbranched alkanes of at least 4 members (excludes halogenated alkanes) is 41. The molecule has 0 aromatic heterocycles. The molecule has 0 heterocycles. The Bertz CT molecular complexity index is 1100. The molecule has 0 bridgehead atoms. The van der Waals surface area contributed by atoms with E-state index in [1.807, 2.05) is 0 Å². The van der Waals surface area contributed by atoms with Gasteiger partial charge in [-0.05, 0) is 70.6 Å². The van der Waals surface area contributed by atoms with Crippen LogP contribution in [0.3, 0.4) is 0 Å². The Kier molecular flexibility index (Phi) is 55.7. The van der Waals surface area contributed by atoms with Gasteiger partial charge in [0.25, 0.3) is 0 Å². The van der Waals surface area contributed by atoms with Crippen LogP contribution in [0.4, 0.5) is 0 Å². The number of rotatable bonds is 56. The van der Waals surface area contributed by atoms with Gasteiger partial charge in [0.1, 0.15) is 13.2 Å². The molecule has 68 heavy (non-hydrogen) atoms. The van der Waals surface area contributed by atoms with Crippen LogP contribution in [0, 0.1) is 0 Å². The summed E-state index contributed by atoms with van der Waals surface area (Å²) in [5.41, 5.74) is 0. The van der Waals surface area contributed by atoms with Crippen molar-refractivity contribution in [3.05, 3.63) is 24.3 Å². The fourth-order valence-corrected chi connectivity index (χ4v) is 9.08. The van der Waals surface area contributed by atoms with E-state index in [0.29, 0.717) is 19.3 Å². The monoisotopic (exact) mass is 957 g/mol. The molecule has 0 rings (SSSR count). The lowest BCUT2D eigenvalue weighted by atomic mass is 10.0. The first-order valence-electron chi connectivity index (χ1n) is 30.3. The molecule has 0 N–H and O–H groups in total. The first kappa shape index (κ1) is 65.9. The number of esters is 3. The molecule has 0 amide bonds. The fourth-order valence-electron chi connectivity index (χ4n) is 9.08. The summed E-state index contributed by atoms with van der Waals surface area (Å²) in [6, 6.07) is 0. The molecule has 6 heteroatoms. The maximum absolute atomic E-state index is 12.9. The summed E-state index contributed by atoms with van der Waals surface area (Å²) in [7, 11) is 0. The molecule has 0 saturated carbocycles. The number of hydrogen-bond acceptors (Lipinski definition) is 6. The fraction of sp³-hybridized carbons (Fsp3) is 0.887. The molecule has 0 aromatic rings. The molecule has 0 aliphatic carbocycles. The highest BCUT2D eigenvalue weighted by molar-refractivity contribution is 5.71. The van der Waals surface area contributed by atoms with E-state index in [2.05, 4.69) is 45.1 Å². The molecule has 6 nitrogen and oxygen atoms in total. The normalized spacial score (nSPS) is 12.1. The number of ether oxygens (including phenoxy) is 3. The lowest BCUT2D eigenvalue weighted by Gasteiger charge is -2.18. The van der Waals surface area contributed by atoms with Crippen LogP contribution in [0.1, 0.15) is 335 Å². The summed E-state index contributed by atoms with van der Waals surface area (Å²) >= 11 is 0. The van der Waals surface area contributed by atoms with Crippen molar-refractivity contribution in [3.8, 4) is 0 Å². The van der Waals surface area contributed by atoms with Crippen molar-refractivity contribution < 1.29 is 28.6 Å². The van der Waals surface area contributed by atoms with E-state index in [4.69, 9.17) is 14.2 Å². The third kappa shape index (κ3) is 54.8. The Labute approximate surface area is 423 Å². The SMILES string of the molecule is CCCCCCC/C=C/CCCCCCCC(=O)OC[C@H](COC(=O)CCCCCCCCCCCCCCCCCCCCC)OC(=O)CCCCCCCCC/C=C/CCCCCCCC. The lowest BCUT2D eigenvalue weighted by Crippen LogP contribution is -2.30. The van der Waals surface area contributed by atoms with Crippen molar-refractivity contribution in [1.82, 2.24) is 0 Å². The van der Waals surface area contributed by atoms with Gasteiger partial charge < -0.3 is 14.2 Å². The van der Waals surface area contributed by atoms with Gasteiger partial charge in [-0.15, -0.1) is 0 Å². The van der Waals surface area contributed by atoms with Crippen molar-refractivity contribution in [2.45, 2.75) is 341 Å². The van der Waals surface area contributed by atoms with Gasteiger partial charge in [-0.3, -0.25) is 14.4 Å². The maximum atomic E-state index is 12.9. The van der Waals surface area contributed by atoms with Crippen molar-refractivity contribution in [3.63, 3.8) is 0 Å². The van der Waals surface area contributed by atoms with Crippen molar-refractivity contribution in [2.24, 2.45) is 0 Å². The second-order valence-electron chi connectivity index (χ2n) is 20.6. The molecular weight excluding hydrogens is 841 g/mol. The highest BCUT2D eigenvalue weighted by Gasteiger charge is 2.19. The second kappa shape index (κ2) is 57.5. The zero-order chi connectivity index (χ0) is 49.3. The van der Waals surface area contributed by atoms with Gasteiger partial charge >= 0.3 is 17.9 Å². The average Bonchev–Trinajstić information content (AvgIpc) is 3.34. The Morgan fingerprint density at radius 1 is 0.279 bits per heavy atom. The van der Waals surface area contributed by atoms with Crippen LogP contribution in [0.2, 0.25) is 0 Å². The summed E-state index contributed by atoms with van der Waals surface area (Å²) in [5.74, 6) is -0.862. The van der Waals surface area contributed by atoms with Crippen LogP contribution in [0.15, 0.2) is 24.3 Å². The van der Waals surface area contributed by atoms with Crippen LogP contribution < -0.4 is 0 Å². The number of allylic oxidation sites excluding steroid dienone is 4. The van der Waals surface area contributed by atoms with Crippen molar-refractivity contribution in [1.29, 1.82) is 0 Å². The van der Waals surface area contributed by atoms with Crippen LogP contribution >= 0.6 is 0 Å². The summed E-state index contributed by atoms with van der Waals surface area (Å²) in [4.78, 5) is 38.2. The largest absolute Gasteiger partial charge is 0.462 e. The third-order valence-corrected chi connectivity index (χ3v) is 13.7. The van der Waals surface area contributed by atoms with Gasteiger partial charge in [-0.25, -0.2) is 0 Å². The molecule has 400 valence electrons. The Hall–Kier alpha value is -2.11. The molecule has 0 aliphatic rings. The minimum absolute atomic E-state index is 0.0709. The topological polar surface area (TPSA) is 78.9 Å². The quantitative estimate of drug-likeness (QED) is 0.0262. The first-order chi connectivity index (χ1) is 33.5. The van der Waals surface area contributed by atoms with Crippen LogP contribution in [-0.2, 0) is 28.6 Å². The predicted molar refractivity (Wildman–Crippen MR) is 293 cm³/mol. The highest BCUT2D eigenvalue weighted by atomic mass is 16.6. The summed E-state index contributed by atoms with van der Waals surface area (Å²) in [6.45, 7) is 6.67. The van der Waals surface area contributed by atoms with Gasteiger partial charge in [-0.2, -0.15) is 0 Å². The van der Waals surface area contributed by atoms with E-state index >= 15 is 0 Å². The second-order valence-corrected chi connectivity index (χ2v) is 20.6. The summed E-state index contributed by atoms with van der Waals surface area (Å²) in [5, 5.41) is 0. The van der Waals surface area contributed by atoms with Crippen LogP contribution in [0.25, 0.3) is 0 Å². The van der Waals surface area contributed by atoms with E-state index in [1.165, 1.54) is 231 Å². The molecule has 0 aromatic carbocycles. The minimum atomic E-state index is -0.773. The number of hydrogen-bond donors (Lipinski definition) is 0. The summed E-state index contributed by atoms with van der Waals surface area (Å²) < 4.78 is 16.9. The van der Waals surface area contributed by atoms with Gasteiger partial charge in [0.05, 0.1) is 0 Å². The smallest absolute Gasteiger partial charge is 0.306 e. The van der Waals surface area contributed by atoms with E-state index in [9.17, 15) is 14.4 Å². The molecular formula is C62H116O6. The van der Waals surface area contributed by atoms with Gasteiger partial charge in [0.15, 0.2) is 6.10 Å². The van der Waals surface area contributed by atoms with Gasteiger partial charge in [-0.1, -0.05) is 270 Å². The predicted octanol–water partition coefficient (Wildman–Crippen LogP) is 20.3. The molecule has 0 saturated heterocycles. The molecule has 0 unspecified atom stereocenters. The Morgan fingerprint density at radius 3 is 0.735 bits per heavy atom. The zero-order valence-corrected chi connectivity index (χ0v) is 45.9. The van der Waals surface area contributed by atoms with Crippen molar-refractivity contribution in [2.75, 3.05) is 13.2 Å². The van der Waals surface area contributed by atoms with Gasteiger partial charge in [0, 0.05) is 19.3 Å². The standard InChI is InChI=1S/C62H116O6/c1-4-7-10-13-16-19-22-25-28-30-31-33-34-37-40-43-46-49-52-55-61(64)67-58-59(57-66-60(63)54-51-48-45-42-39-36-27-24-21-18-15-12-9-6-3)68-62(65)56-53-50-47-44-41-38-35-32-29-26-23-20-17-14-11-8-5-2/h24,26-27,29,59H,4-23,25,28,30-58H2,1-3H3/b27-24+,29-26+/t59-/m1/s1. The van der Waals surface area contributed by atoms with Crippen molar-refractivity contribution >= 4 is 17.9 Å². The van der Waals surface area contributed by atoms with Crippen LogP contribution in [0.5, 0.6) is 0 Å². The van der Waals surface area contributed by atoms with Gasteiger partial charge in [0.2, 0.25) is 0 Å². The molecule has 0 radical (unpaired) electrons. The van der Waals surface area contributed by atoms with E-state index in [1.54, 1.807) is 0 Å². The zero-order valence-electron chi connectivity index (χ0n) is 45.9. The third-order valence-electron chi connectivity index (χ3n) is 13.7.